The first kappa shape index (κ1) is 28.7. The molecule has 0 bridgehead atoms. The highest BCUT2D eigenvalue weighted by molar-refractivity contribution is 6.09. The largest absolute Gasteiger partial charge is 0.507 e. The summed E-state index contributed by atoms with van der Waals surface area (Å²) in [5, 5.41) is 13.4. The Morgan fingerprint density at radius 2 is 1.79 bits per heavy atom. The molecule has 2 N–H and O–H groups in total. The highest BCUT2D eigenvalue weighted by atomic mass is 16.7. The van der Waals surface area contributed by atoms with Crippen molar-refractivity contribution in [3.8, 4) is 23.0 Å². The maximum atomic E-state index is 13.9. The highest BCUT2D eigenvalue weighted by Crippen LogP contribution is 2.34. The van der Waals surface area contributed by atoms with Gasteiger partial charge < -0.3 is 29.5 Å². The first-order valence-electron chi connectivity index (χ1n) is 13.9. The Morgan fingerprint density at radius 3 is 2.52 bits per heavy atom. The topological polar surface area (TPSA) is 127 Å². The Bertz CT molecular complexity index is 1470. The molecule has 1 aliphatic carbocycles. The SMILES string of the molecule is COc1ccc(C(=O)/C=C/C(=O)N(Cc2ccc3c(c2)OCO3)[C@H](C(=O)NC2CCCCC2)c2ccncc2)c(O)c1. The van der Waals surface area contributed by atoms with Crippen molar-refractivity contribution in [1.29, 1.82) is 0 Å². The third-order valence-electron chi connectivity index (χ3n) is 7.45. The van der Waals surface area contributed by atoms with Crippen LogP contribution in [0.15, 0.2) is 73.1 Å². The molecule has 1 aromatic heterocycles. The molecule has 1 fully saturated rings. The number of amides is 2. The summed E-state index contributed by atoms with van der Waals surface area (Å²) in [6.07, 6.45) is 10.3. The minimum absolute atomic E-state index is 0.0166. The number of hydrogen-bond donors (Lipinski definition) is 2. The fourth-order valence-corrected chi connectivity index (χ4v) is 5.26. The molecule has 2 aromatic carbocycles. The predicted octanol–water partition coefficient (Wildman–Crippen LogP) is 4.48. The lowest BCUT2D eigenvalue weighted by atomic mass is 9.94. The van der Waals surface area contributed by atoms with Crippen LogP contribution in [0.25, 0.3) is 0 Å². The number of fused-ring (bicyclic) bond motifs is 1. The number of nitrogens with one attached hydrogen (secondary N) is 1. The van der Waals surface area contributed by atoms with E-state index in [2.05, 4.69) is 10.3 Å². The van der Waals surface area contributed by atoms with Crippen molar-refractivity contribution in [3.63, 3.8) is 0 Å². The van der Waals surface area contributed by atoms with Crippen LogP contribution in [0.4, 0.5) is 0 Å². The number of methoxy groups -OCH3 is 1. The Hall–Kier alpha value is -4.86. The predicted molar refractivity (Wildman–Crippen MR) is 153 cm³/mol. The molecule has 3 aromatic rings. The number of ketones is 1. The van der Waals surface area contributed by atoms with E-state index in [1.54, 1.807) is 48.8 Å². The Kier molecular flexibility index (Phi) is 9.01. The van der Waals surface area contributed by atoms with E-state index < -0.39 is 17.7 Å². The average Bonchev–Trinajstić information content (AvgIpc) is 3.48. The fraction of sp³-hybridized carbons (Fsp3) is 0.312. The van der Waals surface area contributed by atoms with Crippen LogP contribution >= 0.6 is 0 Å². The molecule has 2 amide bonds. The zero-order valence-corrected chi connectivity index (χ0v) is 23.3. The number of benzene rings is 2. The average molecular weight is 572 g/mol. The number of nitrogens with zero attached hydrogens (tertiary/aromatic N) is 2. The lowest BCUT2D eigenvalue weighted by Crippen LogP contribution is -2.46. The van der Waals surface area contributed by atoms with Gasteiger partial charge in [-0.2, -0.15) is 0 Å². The summed E-state index contributed by atoms with van der Waals surface area (Å²) in [6, 6.07) is 12.1. The normalized spacial score (nSPS) is 15.3. The minimum Gasteiger partial charge on any atom is -0.507 e. The zero-order valence-electron chi connectivity index (χ0n) is 23.3. The third-order valence-corrected chi connectivity index (χ3v) is 7.45. The number of aromatic hydroxyl groups is 1. The van der Waals surface area contributed by atoms with Gasteiger partial charge in [-0.05, 0) is 66.4 Å². The van der Waals surface area contributed by atoms with Gasteiger partial charge >= 0.3 is 0 Å². The minimum atomic E-state index is -0.998. The number of carbonyl (C=O) groups excluding carboxylic acids is 3. The van der Waals surface area contributed by atoms with Crippen molar-refractivity contribution in [2.24, 2.45) is 0 Å². The number of phenols is 1. The van der Waals surface area contributed by atoms with Crippen LogP contribution < -0.4 is 19.5 Å². The molecule has 2 heterocycles. The zero-order chi connectivity index (χ0) is 29.5. The molecule has 42 heavy (non-hydrogen) atoms. The van der Waals surface area contributed by atoms with E-state index in [1.807, 2.05) is 0 Å². The van der Waals surface area contributed by atoms with Gasteiger partial charge in [0, 0.05) is 37.1 Å². The maximum absolute atomic E-state index is 13.9. The van der Waals surface area contributed by atoms with E-state index >= 15 is 0 Å². The number of hydrogen-bond acceptors (Lipinski definition) is 8. The molecular weight excluding hydrogens is 538 g/mol. The second kappa shape index (κ2) is 13.2. The second-order valence-electron chi connectivity index (χ2n) is 10.3. The molecule has 1 saturated carbocycles. The molecule has 218 valence electrons. The molecule has 0 saturated heterocycles. The van der Waals surface area contributed by atoms with E-state index in [4.69, 9.17) is 14.2 Å². The van der Waals surface area contributed by atoms with Gasteiger partial charge in [-0.3, -0.25) is 19.4 Å². The van der Waals surface area contributed by atoms with Crippen molar-refractivity contribution in [1.82, 2.24) is 15.2 Å². The fourth-order valence-electron chi connectivity index (χ4n) is 5.26. The molecule has 1 atom stereocenters. The van der Waals surface area contributed by atoms with Crippen molar-refractivity contribution >= 4 is 17.6 Å². The molecule has 10 nitrogen and oxygen atoms in total. The number of allylic oxidation sites excluding steroid dienone is 1. The lowest BCUT2D eigenvalue weighted by Gasteiger charge is -2.33. The van der Waals surface area contributed by atoms with Gasteiger partial charge in [-0.25, -0.2) is 0 Å². The van der Waals surface area contributed by atoms with Crippen LogP contribution in [0.1, 0.15) is 59.6 Å². The van der Waals surface area contributed by atoms with Gasteiger partial charge in [0.2, 0.25) is 18.6 Å². The van der Waals surface area contributed by atoms with Crippen LogP contribution in [0.2, 0.25) is 0 Å². The Balaban J connectivity index is 1.47. The van der Waals surface area contributed by atoms with E-state index in [9.17, 15) is 19.5 Å². The van der Waals surface area contributed by atoms with Crippen LogP contribution in [-0.4, -0.2) is 52.5 Å². The number of rotatable bonds is 10. The summed E-state index contributed by atoms with van der Waals surface area (Å²) in [4.78, 5) is 46.2. The molecule has 0 spiro atoms. The number of ether oxygens (including phenoxy) is 3. The molecular formula is C32H33N3O7. The van der Waals surface area contributed by atoms with Gasteiger partial charge in [0.15, 0.2) is 17.3 Å². The molecule has 10 heteroatoms. The van der Waals surface area contributed by atoms with E-state index in [0.29, 0.717) is 28.4 Å². The van der Waals surface area contributed by atoms with Gasteiger partial charge in [-0.1, -0.05) is 25.3 Å². The summed E-state index contributed by atoms with van der Waals surface area (Å²) in [5.41, 5.74) is 1.31. The monoisotopic (exact) mass is 571 g/mol. The van der Waals surface area contributed by atoms with E-state index in [-0.39, 0.29) is 36.6 Å². The molecule has 2 aliphatic rings. The number of pyridine rings is 1. The summed E-state index contributed by atoms with van der Waals surface area (Å²) >= 11 is 0. The van der Waals surface area contributed by atoms with Crippen LogP contribution in [0.5, 0.6) is 23.0 Å². The Labute approximate surface area is 243 Å². The van der Waals surface area contributed by atoms with Crippen LogP contribution in [-0.2, 0) is 16.1 Å². The standard InChI is InChI=1S/C32H33N3O7/c1-40-24-8-9-25(27(37)18-24)26(36)10-12-30(38)35(19-21-7-11-28-29(17-21)42-20-41-28)31(22-13-15-33-16-14-22)32(39)34-23-5-3-2-4-6-23/h7-18,23,31,37H,2-6,19-20H2,1H3,(H,34,39)/b12-10+/t31-/m0/s1. The second-order valence-corrected chi connectivity index (χ2v) is 10.3. The van der Waals surface area contributed by atoms with Crippen LogP contribution in [0, 0.1) is 0 Å². The molecule has 0 radical (unpaired) electrons. The summed E-state index contributed by atoms with van der Waals surface area (Å²) in [5.74, 6) is -0.170. The highest BCUT2D eigenvalue weighted by Gasteiger charge is 2.33. The summed E-state index contributed by atoms with van der Waals surface area (Å²) in [7, 11) is 1.45. The summed E-state index contributed by atoms with van der Waals surface area (Å²) < 4.78 is 16.0. The molecule has 0 unspecified atom stereocenters. The lowest BCUT2D eigenvalue weighted by molar-refractivity contribution is -0.138. The van der Waals surface area contributed by atoms with Gasteiger partial charge in [0.25, 0.3) is 0 Å². The first-order chi connectivity index (χ1) is 20.4. The van der Waals surface area contributed by atoms with Crippen molar-refractivity contribution in [3.05, 3.63) is 89.8 Å². The number of aromatic nitrogens is 1. The van der Waals surface area contributed by atoms with E-state index in [0.717, 1.165) is 44.3 Å². The van der Waals surface area contributed by atoms with Gasteiger partial charge in [0.1, 0.15) is 17.5 Å². The van der Waals surface area contributed by atoms with Crippen molar-refractivity contribution < 1.29 is 33.7 Å². The van der Waals surface area contributed by atoms with Gasteiger partial charge in [0.05, 0.1) is 12.7 Å². The molecule has 1 aliphatic heterocycles. The van der Waals surface area contributed by atoms with E-state index in [1.165, 1.54) is 24.1 Å². The smallest absolute Gasteiger partial charge is 0.247 e. The first-order valence-corrected chi connectivity index (χ1v) is 13.9. The van der Waals surface area contributed by atoms with Gasteiger partial charge in [-0.15, -0.1) is 0 Å². The molecule has 5 rings (SSSR count). The Morgan fingerprint density at radius 1 is 1.02 bits per heavy atom. The van der Waals surface area contributed by atoms with Crippen molar-refractivity contribution in [2.75, 3.05) is 13.9 Å². The summed E-state index contributed by atoms with van der Waals surface area (Å²) in [6.45, 7) is 0.154. The van der Waals surface area contributed by atoms with Crippen molar-refractivity contribution in [2.45, 2.75) is 50.7 Å². The third kappa shape index (κ3) is 6.71. The number of phenolic OH excluding ortho intramolecular Hbond substituents is 1. The maximum Gasteiger partial charge on any atom is 0.247 e. The number of carbonyl (C=O) groups is 3. The quantitative estimate of drug-likeness (QED) is 0.269. The van der Waals surface area contributed by atoms with Crippen LogP contribution in [0.3, 0.4) is 0 Å².